The Morgan fingerprint density at radius 3 is 2.79 bits per heavy atom. The fraction of sp³-hybridized carbons (Fsp3) is 0.533. The van der Waals surface area contributed by atoms with Gasteiger partial charge in [-0.05, 0) is 32.4 Å². The van der Waals surface area contributed by atoms with Crippen molar-refractivity contribution in [3.63, 3.8) is 0 Å². The topological polar surface area (TPSA) is 56.5 Å². The van der Waals surface area contributed by atoms with Gasteiger partial charge >= 0.3 is 0 Å². The minimum absolute atomic E-state index is 0.164. The summed E-state index contributed by atoms with van der Waals surface area (Å²) in [5, 5.41) is 18.9. The number of ether oxygens (including phenoxy) is 1. The molecule has 1 aliphatic heterocycles. The third kappa shape index (κ3) is 2.73. The van der Waals surface area contributed by atoms with Crippen LogP contribution in [0, 0.1) is 11.3 Å². The average molecular weight is 260 g/mol. The molecule has 0 bridgehead atoms. The monoisotopic (exact) mass is 260 g/mol. The van der Waals surface area contributed by atoms with Gasteiger partial charge in [-0.25, -0.2) is 0 Å². The highest BCUT2D eigenvalue weighted by atomic mass is 16.5. The molecule has 3 unspecified atom stereocenters. The summed E-state index contributed by atoms with van der Waals surface area (Å²) >= 11 is 0. The molecular formula is C15H20N2O2. The number of aliphatic hydroxyl groups excluding tert-OH is 1. The van der Waals surface area contributed by atoms with Gasteiger partial charge in [-0.1, -0.05) is 6.07 Å². The van der Waals surface area contributed by atoms with Crippen molar-refractivity contribution < 1.29 is 9.84 Å². The van der Waals surface area contributed by atoms with Gasteiger partial charge in [0.2, 0.25) is 0 Å². The van der Waals surface area contributed by atoms with E-state index in [2.05, 4.69) is 17.9 Å². The number of aliphatic hydroxyl groups is 1. The first-order chi connectivity index (χ1) is 9.04. The van der Waals surface area contributed by atoms with E-state index >= 15 is 0 Å². The summed E-state index contributed by atoms with van der Waals surface area (Å²) < 4.78 is 5.60. The van der Waals surface area contributed by atoms with Gasteiger partial charge in [0, 0.05) is 24.9 Å². The number of anilines is 1. The van der Waals surface area contributed by atoms with E-state index in [4.69, 9.17) is 10.00 Å². The maximum absolute atomic E-state index is 9.88. The fourth-order valence-electron chi connectivity index (χ4n) is 2.68. The van der Waals surface area contributed by atoms with E-state index in [1.165, 1.54) is 0 Å². The minimum Gasteiger partial charge on any atom is -0.389 e. The number of nitrogens with zero attached hydrogens (tertiary/aromatic N) is 2. The maximum atomic E-state index is 9.88. The summed E-state index contributed by atoms with van der Waals surface area (Å²) in [4.78, 5) is 2.13. The first-order valence-corrected chi connectivity index (χ1v) is 6.61. The van der Waals surface area contributed by atoms with E-state index in [1.807, 2.05) is 19.2 Å². The molecule has 1 aromatic carbocycles. The second-order valence-electron chi connectivity index (χ2n) is 5.10. The molecule has 0 saturated carbocycles. The van der Waals surface area contributed by atoms with Gasteiger partial charge in [-0.2, -0.15) is 5.26 Å². The largest absolute Gasteiger partial charge is 0.389 e. The third-order valence-electron chi connectivity index (χ3n) is 3.82. The highest BCUT2D eigenvalue weighted by molar-refractivity contribution is 5.59. The smallest absolute Gasteiger partial charge is 0.0992 e. The molecule has 2 rings (SSSR count). The highest BCUT2D eigenvalue weighted by Gasteiger charge is 2.29. The Bertz CT molecular complexity index is 493. The van der Waals surface area contributed by atoms with E-state index in [9.17, 15) is 5.11 Å². The number of hydrogen-bond acceptors (Lipinski definition) is 4. The highest BCUT2D eigenvalue weighted by Crippen LogP contribution is 2.31. The Hall–Kier alpha value is -1.57. The van der Waals surface area contributed by atoms with E-state index in [-0.39, 0.29) is 12.1 Å². The molecule has 19 heavy (non-hydrogen) atoms. The predicted molar refractivity (Wildman–Crippen MR) is 74.0 cm³/mol. The van der Waals surface area contributed by atoms with Crippen LogP contribution >= 0.6 is 0 Å². The van der Waals surface area contributed by atoms with Crippen LogP contribution in [0.2, 0.25) is 0 Å². The lowest BCUT2D eigenvalue weighted by atomic mass is 10.0. The molecule has 1 aromatic rings. The Morgan fingerprint density at radius 2 is 2.26 bits per heavy atom. The second-order valence-corrected chi connectivity index (χ2v) is 5.10. The molecule has 0 aromatic heterocycles. The van der Waals surface area contributed by atoms with Crippen LogP contribution in [0.15, 0.2) is 18.2 Å². The Kier molecular flexibility index (Phi) is 4.08. The van der Waals surface area contributed by atoms with Crippen molar-refractivity contribution in [2.45, 2.75) is 38.5 Å². The fourth-order valence-corrected chi connectivity index (χ4v) is 2.68. The molecule has 0 spiro atoms. The normalized spacial score (nSPS) is 23.9. The first-order valence-electron chi connectivity index (χ1n) is 6.61. The van der Waals surface area contributed by atoms with Crippen LogP contribution in [0.5, 0.6) is 0 Å². The van der Waals surface area contributed by atoms with Gasteiger partial charge in [-0.3, -0.25) is 0 Å². The van der Waals surface area contributed by atoms with Crippen molar-refractivity contribution in [1.82, 2.24) is 0 Å². The Morgan fingerprint density at radius 1 is 1.53 bits per heavy atom. The number of nitriles is 1. The van der Waals surface area contributed by atoms with E-state index in [1.54, 1.807) is 13.0 Å². The number of rotatable bonds is 3. The van der Waals surface area contributed by atoms with Crippen LogP contribution < -0.4 is 4.90 Å². The lowest BCUT2D eigenvalue weighted by molar-refractivity contribution is 0.118. The Labute approximate surface area is 114 Å². The van der Waals surface area contributed by atoms with Gasteiger partial charge in [0.25, 0.3) is 0 Å². The van der Waals surface area contributed by atoms with Gasteiger partial charge in [-0.15, -0.1) is 0 Å². The minimum atomic E-state index is -0.553. The molecule has 1 aliphatic rings. The van der Waals surface area contributed by atoms with Crippen molar-refractivity contribution >= 4 is 5.69 Å². The first kappa shape index (κ1) is 13.9. The molecule has 4 heteroatoms. The van der Waals surface area contributed by atoms with Crippen molar-refractivity contribution in [2.75, 3.05) is 18.6 Å². The lowest BCUT2D eigenvalue weighted by Gasteiger charge is -2.31. The number of likely N-dealkylation sites (N-methyl/N-ethyl adjacent to an activating group) is 1. The zero-order valence-electron chi connectivity index (χ0n) is 11.6. The van der Waals surface area contributed by atoms with Crippen LogP contribution in [0.1, 0.15) is 37.5 Å². The summed E-state index contributed by atoms with van der Waals surface area (Å²) in [6.07, 6.45) is 0.577. The quantitative estimate of drug-likeness (QED) is 0.905. The molecule has 0 aliphatic carbocycles. The Balaban J connectivity index is 2.38. The molecule has 102 valence electrons. The zero-order valence-corrected chi connectivity index (χ0v) is 11.6. The second kappa shape index (κ2) is 5.60. The summed E-state index contributed by atoms with van der Waals surface area (Å²) in [5.74, 6) is 0. The summed E-state index contributed by atoms with van der Waals surface area (Å²) in [5.41, 5.74) is 2.37. The van der Waals surface area contributed by atoms with Crippen molar-refractivity contribution in [3.8, 4) is 6.07 Å². The SMILES string of the molecule is CC(O)c1ccc(C#N)cc1N(C)C1CCOC1C. The molecule has 1 fully saturated rings. The van der Waals surface area contributed by atoms with Gasteiger partial charge in [0.05, 0.1) is 29.9 Å². The molecule has 0 amide bonds. The summed E-state index contributed by atoms with van der Waals surface area (Å²) in [7, 11) is 2.00. The molecular weight excluding hydrogens is 240 g/mol. The molecule has 3 atom stereocenters. The maximum Gasteiger partial charge on any atom is 0.0992 e. The summed E-state index contributed by atoms with van der Waals surface area (Å²) in [6, 6.07) is 7.85. The van der Waals surface area contributed by atoms with E-state index < -0.39 is 6.10 Å². The molecule has 4 nitrogen and oxygen atoms in total. The van der Waals surface area contributed by atoms with E-state index in [0.717, 1.165) is 24.3 Å². The molecule has 1 saturated heterocycles. The van der Waals surface area contributed by atoms with Crippen LogP contribution in [0.25, 0.3) is 0 Å². The van der Waals surface area contributed by atoms with Gasteiger partial charge < -0.3 is 14.7 Å². The molecule has 1 heterocycles. The summed E-state index contributed by atoms with van der Waals surface area (Å²) in [6.45, 7) is 4.57. The predicted octanol–water partition coefficient (Wildman–Crippen LogP) is 2.23. The third-order valence-corrected chi connectivity index (χ3v) is 3.82. The van der Waals surface area contributed by atoms with Gasteiger partial charge in [0.15, 0.2) is 0 Å². The van der Waals surface area contributed by atoms with Crippen molar-refractivity contribution in [2.24, 2.45) is 0 Å². The molecule has 1 N–H and O–H groups in total. The van der Waals surface area contributed by atoms with Crippen LogP contribution in [0.4, 0.5) is 5.69 Å². The lowest BCUT2D eigenvalue weighted by Crippen LogP contribution is -2.37. The van der Waals surface area contributed by atoms with Crippen molar-refractivity contribution in [3.05, 3.63) is 29.3 Å². The zero-order chi connectivity index (χ0) is 14.0. The van der Waals surface area contributed by atoms with Crippen LogP contribution in [0.3, 0.4) is 0 Å². The molecule has 0 radical (unpaired) electrons. The number of hydrogen-bond donors (Lipinski definition) is 1. The van der Waals surface area contributed by atoms with Crippen LogP contribution in [-0.2, 0) is 4.74 Å². The van der Waals surface area contributed by atoms with E-state index in [0.29, 0.717) is 5.56 Å². The van der Waals surface area contributed by atoms with Crippen LogP contribution in [-0.4, -0.2) is 30.9 Å². The van der Waals surface area contributed by atoms with Gasteiger partial charge in [0.1, 0.15) is 0 Å². The number of benzene rings is 1. The average Bonchev–Trinajstić information content (AvgIpc) is 2.83. The van der Waals surface area contributed by atoms with Crippen molar-refractivity contribution in [1.29, 1.82) is 5.26 Å². The standard InChI is InChI=1S/C15H20N2O2/c1-10(18)13-5-4-12(9-16)8-15(13)17(3)14-6-7-19-11(14)2/h4-5,8,10-11,14,18H,6-7H2,1-3H3.